The van der Waals surface area contributed by atoms with Gasteiger partial charge in [0.2, 0.25) is 0 Å². The van der Waals surface area contributed by atoms with E-state index < -0.39 is 61.0 Å². The van der Waals surface area contributed by atoms with Crippen molar-refractivity contribution in [3.05, 3.63) is 47.5 Å². The van der Waals surface area contributed by atoms with E-state index in [1.54, 1.807) is 0 Å². The van der Waals surface area contributed by atoms with Crippen LogP contribution in [-0.2, 0) is 14.2 Å². The van der Waals surface area contributed by atoms with E-state index in [-0.39, 0.29) is 35.7 Å². The van der Waals surface area contributed by atoms with Gasteiger partial charge < -0.3 is 50.0 Å². The molecule has 0 unspecified atom stereocenters. The van der Waals surface area contributed by atoms with E-state index >= 15 is 0 Å². The molecule has 0 saturated carbocycles. The van der Waals surface area contributed by atoms with Gasteiger partial charge in [0.05, 0.1) is 12.7 Å². The molecule has 0 spiro atoms. The van der Waals surface area contributed by atoms with Gasteiger partial charge in [-0.3, -0.25) is 4.79 Å². The van der Waals surface area contributed by atoms with Gasteiger partial charge in [0.15, 0.2) is 35.1 Å². The summed E-state index contributed by atoms with van der Waals surface area (Å²) in [5.74, 6) is -1.88. The number of benzene rings is 2. The lowest BCUT2D eigenvalue weighted by Gasteiger charge is -2.48. The predicted molar refractivity (Wildman–Crippen MR) is 113 cm³/mol. The molecule has 7 atom stereocenters. The first-order valence-electron chi connectivity index (χ1n) is 10.7. The van der Waals surface area contributed by atoms with Crippen LogP contribution in [-0.4, -0.2) is 84.9 Å². The first-order chi connectivity index (χ1) is 16.2. The predicted octanol–water partition coefficient (Wildman–Crippen LogP) is 0.436. The molecule has 4 rings (SSSR count). The molecule has 2 aliphatic rings. The average Bonchev–Trinajstić information content (AvgIpc) is 2.82. The number of carbonyl (C=O) groups is 1. The highest BCUT2D eigenvalue weighted by Crippen LogP contribution is 2.41. The van der Waals surface area contributed by atoms with Crippen molar-refractivity contribution >= 4 is 5.78 Å². The minimum atomic E-state index is -1.44. The lowest BCUT2D eigenvalue weighted by Crippen LogP contribution is -2.63. The van der Waals surface area contributed by atoms with E-state index in [9.17, 15) is 40.5 Å². The summed E-state index contributed by atoms with van der Waals surface area (Å²) in [5, 5.41) is 68.8. The van der Waals surface area contributed by atoms with Gasteiger partial charge in [-0.05, 0) is 42.3 Å². The minimum absolute atomic E-state index is 0.0508. The maximum absolute atomic E-state index is 12.7. The molecular weight excluding hydrogens is 452 g/mol. The van der Waals surface area contributed by atoms with Crippen LogP contribution in [0.15, 0.2) is 36.4 Å². The summed E-state index contributed by atoms with van der Waals surface area (Å²) in [6.07, 6.45) is -7.92. The third-order valence-electron chi connectivity index (χ3n) is 6.06. The van der Waals surface area contributed by atoms with Crippen LogP contribution in [0.2, 0.25) is 0 Å². The molecule has 2 saturated heterocycles. The number of phenols is 4. The number of fused-ring (bicyclic) bond motifs is 1. The number of aliphatic hydroxyl groups is 3. The maximum Gasteiger partial charge on any atom is 0.187 e. The minimum Gasteiger partial charge on any atom is -0.504 e. The Balaban J connectivity index is 1.57. The molecule has 2 fully saturated rings. The van der Waals surface area contributed by atoms with Crippen molar-refractivity contribution < 1.29 is 54.8 Å². The molecule has 7 N–H and O–H groups in total. The Morgan fingerprint density at radius 2 is 1.44 bits per heavy atom. The molecule has 0 amide bonds. The molecule has 184 valence electrons. The summed E-state index contributed by atoms with van der Waals surface area (Å²) in [4.78, 5) is 12.7. The quantitative estimate of drug-likeness (QED) is 0.225. The van der Waals surface area contributed by atoms with Crippen LogP contribution >= 0.6 is 0 Å². The fourth-order valence-electron chi connectivity index (χ4n) is 4.16. The number of rotatable bonds is 6. The molecule has 0 aliphatic carbocycles. The molecule has 2 heterocycles. The van der Waals surface area contributed by atoms with Gasteiger partial charge in [0, 0.05) is 12.0 Å². The van der Waals surface area contributed by atoms with Crippen LogP contribution in [0.3, 0.4) is 0 Å². The van der Waals surface area contributed by atoms with Crippen molar-refractivity contribution in [1.82, 2.24) is 0 Å². The van der Waals surface area contributed by atoms with Gasteiger partial charge in [-0.15, -0.1) is 0 Å². The number of carbonyl (C=O) groups excluding carboxylic acids is 1. The first-order valence-corrected chi connectivity index (χ1v) is 10.7. The highest BCUT2D eigenvalue weighted by molar-refractivity contribution is 5.96. The molecule has 11 heteroatoms. The van der Waals surface area contributed by atoms with Crippen molar-refractivity contribution in [2.75, 3.05) is 6.61 Å². The molecule has 2 aliphatic heterocycles. The average molecular weight is 478 g/mol. The molecule has 2 aromatic rings. The van der Waals surface area contributed by atoms with Crippen LogP contribution in [0.5, 0.6) is 23.0 Å². The topological polar surface area (TPSA) is 186 Å². The fourth-order valence-corrected chi connectivity index (χ4v) is 4.16. The van der Waals surface area contributed by atoms with Gasteiger partial charge in [-0.2, -0.15) is 0 Å². The monoisotopic (exact) mass is 478 g/mol. The highest BCUT2D eigenvalue weighted by Gasteiger charge is 2.51. The molecule has 0 aromatic heterocycles. The summed E-state index contributed by atoms with van der Waals surface area (Å²) in [5.41, 5.74) is 0.566. The number of aliphatic hydroxyl groups excluding tert-OH is 3. The maximum atomic E-state index is 12.7. The number of Topliss-reactive ketones (excluding diaryl/α,β-unsaturated/α-hetero) is 1. The number of ether oxygens (including phenoxy) is 3. The van der Waals surface area contributed by atoms with Crippen molar-refractivity contribution in [2.45, 2.75) is 55.8 Å². The molecule has 2 aromatic carbocycles. The second-order valence-electron chi connectivity index (χ2n) is 8.32. The molecule has 0 bridgehead atoms. The lowest BCUT2D eigenvalue weighted by atomic mass is 9.93. The number of hydrogen-bond donors (Lipinski definition) is 7. The van der Waals surface area contributed by atoms with E-state index in [1.807, 2.05) is 0 Å². The zero-order valence-corrected chi connectivity index (χ0v) is 17.9. The van der Waals surface area contributed by atoms with Crippen LogP contribution in [0.4, 0.5) is 0 Å². The lowest BCUT2D eigenvalue weighted by molar-refractivity contribution is -0.369. The highest BCUT2D eigenvalue weighted by atomic mass is 16.7. The number of hydrogen-bond acceptors (Lipinski definition) is 11. The summed E-state index contributed by atoms with van der Waals surface area (Å²) in [6, 6.07) is 7.72. The fraction of sp³-hybridized carbons (Fsp3) is 0.435. The van der Waals surface area contributed by atoms with Crippen molar-refractivity contribution in [3.63, 3.8) is 0 Å². The zero-order valence-electron chi connectivity index (χ0n) is 17.9. The van der Waals surface area contributed by atoms with Gasteiger partial charge in [0.1, 0.15) is 30.5 Å². The largest absolute Gasteiger partial charge is 0.504 e. The summed E-state index contributed by atoms with van der Waals surface area (Å²) in [6.45, 7) is -0.562. The summed E-state index contributed by atoms with van der Waals surface area (Å²) >= 11 is 0. The molecule has 11 nitrogen and oxygen atoms in total. The van der Waals surface area contributed by atoms with E-state index in [1.165, 1.54) is 30.3 Å². The molecular formula is C23H26O11. The second-order valence-corrected chi connectivity index (χ2v) is 8.32. The van der Waals surface area contributed by atoms with Crippen molar-refractivity contribution in [1.29, 1.82) is 0 Å². The first kappa shape index (κ1) is 24.2. The summed E-state index contributed by atoms with van der Waals surface area (Å²) < 4.78 is 17.6. The Morgan fingerprint density at radius 1 is 0.794 bits per heavy atom. The molecule has 0 radical (unpaired) electrons. The Labute approximate surface area is 194 Å². The van der Waals surface area contributed by atoms with Crippen LogP contribution in [0.25, 0.3) is 0 Å². The normalized spacial score (nSPS) is 31.1. The Morgan fingerprint density at radius 3 is 2.09 bits per heavy atom. The summed E-state index contributed by atoms with van der Waals surface area (Å²) in [7, 11) is 0. The smallest absolute Gasteiger partial charge is 0.187 e. The van der Waals surface area contributed by atoms with E-state index in [0.29, 0.717) is 5.56 Å². The Bertz CT molecular complexity index is 1040. The van der Waals surface area contributed by atoms with Crippen LogP contribution in [0, 0.1) is 0 Å². The van der Waals surface area contributed by atoms with Gasteiger partial charge in [-0.25, -0.2) is 0 Å². The van der Waals surface area contributed by atoms with Crippen molar-refractivity contribution in [2.24, 2.45) is 0 Å². The number of phenolic OH excluding ortho intramolecular Hbond substituents is 4. The van der Waals surface area contributed by atoms with Gasteiger partial charge in [-0.1, -0.05) is 6.07 Å². The van der Waals surface area contributed by atoms with Crippen molar-refractivity contribution in [3.8, 4) is 23.0 Å². The third-order valence-corrected chi connectivity index (χ3v) is 6.06. The Kier molecular flexibility index (Phi) is 6.94. The number of ketones is 1. The third kappa shape index (κ3) is 4.67. The zero-order chi connectivity index (χ0) is 24.6. The van der Waals surface area contributed by atoms with Crippen LogP contribution in [0.1, 0.15) is 34.9 Å². The van der Waals surface area contributed by atoms with E-state index in [0.717, 1.165) is 6.07 Å². The standard InChI is InChI=1S/C23H26O11/c24-9-18-19(30)20(31)22-23(33-18)32-17(21(34-22)11-2-4-14(27)16(29)8-11)6-5-12(25)10-1-3-13(26)15(28)7-10/h1-4,7-8,17-24,26-31H,5-6,9H2/t17-,18+,19-,20+,21-,22-,23-/m1/s1. The number of aromatic hydroxyl groups is 4. The van der Waals surface area contributed by atoms with E-state index in [4.69, 9.17) is 14.2 Å². The van der Waals surface area contributed by atoms with Gasteiger partial charge >= 0.3 is 0 Å². The van der Waals surface area contributed by atoms with E-state index in [2.05, 4.69) is 0 Å². The van der Waals surface area contributed by atoms with Crippen LogP contribution < -0.4 is 0 Å². The SMILES string of the molecule is O=C(CC[C@H]1O[C@@H]2O[C@@H](CO)[C@@H](O)[C@H](O)[C@H]2O[C@@H]1c1ccc(O)c(O)c1)c1ccc(O)c(O)c1. The molecule has 34 heavy (non-hydrogen) atoms. The second kappa shape index (κ2) is 9.74. The Hall–Kier alpha value is -2.93. The van der Waals surface area contributed by atoms with Gasteiger partial charge in [0.25, 0.3) is 0 Å².